The average Bonchev–Trinajstić information content (AvgIpc) is 3.03. The van der Waals surface area contributed by atoms with Gasteiger partial charge in [-0.15, -0.1) is 0 Å². The molecule has 0 aromatic heterocycles. The number of anilines is 1. The molecule has 1 aromatic carbocycles. The molecular weight excluding hydrogens is 277 g/mol. The van der Waals surface area contributed by atoms with Gasteiger partial charge in [-0.05, 0) is 24.6 Å². The third-order valence-electron chi connectivity index (χ3n) is 3.94. The first-order valence-corrected chi connectivity index (χ1v) is 6.61. The predicted octanol–water partition coefficient (Wildman–Crippen LogP) is 1.73. The van der Waals surface area contributed by atoms with Crippen LogP contribution in [0.25, 0.3) is 0 Å². The number of hydrogen-bond acceptors (Lipinski definition) is 3. The van der Waals surface area contributed by atoms with Crippen LogP contribution in [-0.2, 0) is 14.3 Å². The molecule has 0 saturated carbocycles. The van der Waals surface area contributed by atoms with Crippen LogP contribution in [0.3, 0.4) is 0 Å². The van der Waals surface area contributed by atoms with Gasteiger partial charge in [0.2, 0.25) is 5.91 Å². The van der Waals surface area contributed by atoms with Crippen molar-refractivity contribution in [3.05, 3.63) is 41.7 Å². The minimum Gasteiger partial charge on any atom is -0.481 e. The number of carboxylic acid groups (broad SMARTS) is 1. The molecule has 4 atom stereocenters. The Hall–Kier alpha value is -2.21. The van der Waals surface area contributed by atoms with E-state index in [-0.39, 0.29) is 0 Å². The lowest BCUT2D eigenvalue weighted by Gasteiger charge is -2.21. The van der Waals surface area contributed by atoms with Crippen LogP contribution < -0.4 is 5.32 Å². The Balaban J connectivity index is 1.83. The number of aliphatic carboxylic acids is 1. The van der Waals surface area contributed by atoms with Crippen LogP contribution in [0.1, 0.15) is 5.56 Å². The fourth-order valence-electron chi connectivity index (χ4n) is 2.86. The number of hydrogen-bond donors (Lipinski definition) is 2. The molecule has 0 unspecified atom stereocenters. The van der Waals surface area contributed by atoms with E-state index >= 15 is 0 Å². The highest BCUT2D eigenvalue weighted by Gasteiger charge is 2.53. The number of ether oxygens (including phenoxy) is 1. The molecule has 2 aliphatic heterocycles. The number of aryl methyl sites for hydroxylation is 1. The number of rotatable bonds is 3. The van der Waals surface area contributed by atoms with Gasteiger partial charge in [-0.3, -0.25) is 9.59 Å². The average molecular weight is 291 g/mol. The van der Waals surface area contributed by atoms with Crippen molar-refractivity contribution in [2.24, 2.45) is 11.8 Å². The Morgan fingerprint density at radius 3 is 2.57 bits per heavy atom. The Morgan fingerprint density at radius 2 is 1.90 bits per heavy atom. The fourth-order valence-corrected chi connectivity index (χ4v) is 2.86. The largest absolute Gasteiger partial charge is 0.481 e. The van der Waals surface area contributed by atoms with E-state index in [9.17, 15) is 19.1 Å². The van der Waals surface area contributed by atoms with E-state index in [0.29, 0.717) is 11.3 Å². The molecule has 0 spiro atoms. The number of benzene rings is 1. The van der Waals surface area contributed by atoms with E-state index in [0.717, 1.165) is 0 Å². The topological polar surface area (TPSA) is 75.6 Å². The van der Waals surface area contributed by atoms with Gasteiger partial charge in [-0.1, -0.05) is 18.2 Å². The maximum atomic E-state index is 13.2. The number of amides is 1. The Labute approximate surface area is 120 Å². The zero-order valence-corrected chi connectivity index (χ0v) is 11.2. The molecule has 1 saturated heterocycles. The standard InChI is InChI=1S/C15H14FNO4/c1-7-2-3-8(16)6-9(7)17-14(18)12-10-4-5-11(21-10)13(12)15(19)20/h2-6,10-13H,1H3,(H,17,18)(H,19,20)/t10-,11+,12-,13-/m0/s1. The predicted molar refractivity (Wildman–Crippen MR) is 72.2 cm³/mol. The van der Waals surface area contributed by atoms with E-state index in [2.05, 4.69) is 5.32 Å². The summed E-state index contributed by atoms with van der Waals surface area (Å²) in [6.45, 7) is 1.74. The third-order valence-corrected chi connectivity index (χ3v) is 3.94. The molecule has 2 aliphatic rings. The summed E-state index contributed by atoms with van der Waals surface area (Å²) in [4.78, 5) is 23.7. The van der Waals surface area contributed by atoms with E-state index in [1.807, 2.05) is 0 Å². The van der Waals surface area contributed by atoms with E-state index in [1.54, 1.807) is 25.1 Å². The summed E-state index contributed by atoms with van der Waals surface area (Å²) in [5, 5.41) is 11.9. The lowest BCUT2D eigenvalue weighted by molar-refractivity contribution is -0.145. The number of carbonyl (C=O) groups excluding carboxylic acids is 1. The van der Waals surface area contributed by atoms with Gasteiger partial charge in [0.05, 0.1) is 18.1 Å². The van der Waals surface area contributed by atoms with Crippen molar-refractivity contribution in [3.63, 3.8) is 0 Å². The summed E-state index contributed by atoms with van der Waals surface area (Å²) in [5.41, 5.74) is 1.05. The Morgan fingerprint density at radius 1 is 1.24 bits per heavy atom. The van der Waals surface area contributed by atoms with E-state index < -0.39 is 41.7 Å². The van der Waals surface area contributed by atoms with E-state index in [1.165, 1.54) is 12.1 Å². The van der Waals surface area contributed by atoms with Crippen LogP contribution in [-0.4, -0.2) is 29.2 Å². The molecule has 2 N–H and O–H groups in total. The van der Waals surface area contributed by atoms with Gasteiger partial charge in [0, 0.05) is 5.69 Å². The lowest BCUT2D eigenvalue weighted by atomic mass is 9.82. The zero-order valence-electron chi connectivity index (χ0n) is 11.2. The highest BCUT2D eigenvalue weighted by molar-refractivity contribution is 5.97. The van der Waals surface area contributed by atoms with Crippen molar-refractivity contribution in [1.82, 2.24) is 0 Å². The maximum absolute atomic E-state index is 13.2. The second-order valence-electron chi connectivity index (χ2n) is 5.29. The highest BCUT2D eigenvalue weighted by atomic mass is 19.1. The molecule has 0 aliphatic carbocycles. The van der Waals surface area contributed by atoms with Gasteiger partial charge < -0.3 is 15.2 Å². The van der Waals surface area contributed by atoms with Gasteiger partial charge in [-0.25, -0.2) is 4.39 Å². The van der Waals surface area contributed by atoms with Gasteiger partial charge in [-0.2, -0.15) is 0 Å². The van der Waals surface area contributed by atoms with Gasteiger partial charge in [0.1, 0.15) is 11.7 Å². The first-order valence-electron chi connectivity index (χ1n) is 6.61. The van der Waals surface area contributed by atoms with Crippen molar-refractivity contribution in [2.75, 3.05) is 5.32 Å². The van der Waals surface area contributed by atoms with Crippen molar-refractivity contribution in [2.45, 2.75) is 19.1 Å². The van der Waals surface area contributed by atoms with Crippen molar-refractivity contribution < 1.29 is 23.8 Å². The Bertz CT molecular complexity index is 643. The second-order valence-corrected chi connectivity index (χ2v) is 5.29. The van der Waals surface area contributed by atoms with E-state index in [4.69, 9.17) is 4.74 Å². The van der Waals surface area contributed by atoms with Crippen LogP contribution in [0.4, 0.5) is 10.1 Å². The summed E-state index contributed by atoms with van der Waals surface area (Å²) >= 11 is 0. The molecule has 1 fully saturated rings. The minimum atomic E-state index is -1.07. The summed E-state index contributed by atoms with van der Waals surface area (Å²) in [6.07, 6.45) is 2.26. The van der Waals surface area contributed by atoms with Crippen LogP contribution in [0, 0.1) is 24.6 Å². The van der Waals surface area contributed by atoms with Crippen LogP contribution in [0.15, 0.2) is 30.4 Å². The van der Waals surface area contributed by atoms with Gasteiger partial charge in [0.25, 0.3) is 0 Å². The quantitative estimate of drug-likeness (QED) is 0.832. The maximum Gasteiger partial charge on any atom is 0.310 e. The van der Waals surface area contributed by atoms with Gasteiger partial charge >= 0.3 is 5.97 Å². The highest BCUT2D eigenvalue weighted by Crippen LogP contribution is 2.40. The number of halogens is 1. The van der Waals surface area contributed by atoms with Crippen LogP contribution in [0.2, 0.25) is 0 Å². The van der Waals surface area contributed by atoms with Gasteiger partial charge in [0.15, 0.2) is 0 Å². The summed E-state index contributed by atoms with van der Waals surface area (Å²) in [6, 6.07) is 4.07. The first-order chi connectivity index (χ1) is 9.97. The van der Waals surface area contributed by atoms with Crippen molar-refractivity contribution >= 4 is 17.6 Å². The summed E-state index contributed by atoms with van der Waals surface area (Å²) < 4.78 is 18.7. The lowest BCUT2D eigenvalue weighted by Crippen LogP contribution is -2.39. The molecular formula is C15H14FNO4. The molecule has 2 heterocycles. The molecule has 110 valence electrons. The smallest absolute Gasteiger partial charge is 0.310 e. The fraction of sp³-hybridized carbons (Fsp3) is 0.333. The molecule has 1 amide bonds. The molecule has 2 bridgehead atoms. The molecule has 5 nitrogen and oxygen atoms in total. The number of nitrogens with one attached hydrogen (secondary N) is 1. The molecule has 0 radical (unpaired) electrons. The van der Waals surface area contributed by atoms with Crippen molar-refractivity contribution in [1.29, 1.82) is 0 Å². The van der Waals surface area contributed by atoms with Crippen LogP contribution in [0.5, 0.6) is 0 Å². The number of carbonyl (C=O) groups is 2. The zero-order chi connectivity index (χ0) is 15.1. The SMILES string of the molecule is Cc1ccc(F)cc1NC(=O)[C@@H]1[C@@H](C(=O)O)[C@H]2C=C[C@@H]1O2. The summed E-state index contributed by atoms with van der Waals surface area (Å²) in [7, 11) is 0. The molecule has 3 rings (SSSR count). The minimum absolute atomic E-state index is 0.343. The number of fused-ring (bicyclic) bond motifs is 2. The normalized spacial score (nSPS) is 29.6. The molecule has 21 heavy (non-hydrogen) atoms. The Kier molecular flexibility index (Phi) is 3.25. The van der Waals surface area contributed by atoms with Crippen LogP contribution >= 0.6 is 0 Å². The third kappa shape index (κ3) is 2.31. The molecule has 6 heteroatoms. The first kappa shape index (κ1) is 13.8. The monoisotopic (exact) mass is 291 g/mol. The number of carboxylic acids is 1. The second kappa shape index (κ2) is 4.96. The summed E-state index contributed by atoms with van der Waals surface area (Å²) in [5.74, 6) is -3.71. The molecule has 1 aromatic rings. The van der Waals surface area contributed by atoms with Crippen molar-refractivity contribution in [3.8, 4) is 0 Å².